The van der Waals surface area contributed by atoms with E-state index in [0.717, 1.165) is 28.4 Å². The number of halogens is 1. The lowest BCUT2D eigenvalue weighted by atomic mass is 10.2. The third kappa shape index (κ3) is 5.31. The minimum atomic E-state index is -0.0548. The first-order chi connectivity index (χ1) is 14.2. The molecule has 0 atom stereocenters. The summed E-state index contributed by atoms with van der Waals surface area (Å²) in [7, 11) is 0. The van der Waals surface area contributed by atoms with E-state index in [9.17, 15) is 4.79 Å². The molecule has 0 aliphatic heterocycles. The van der Waals surface area contributed by atoms with Crippen LogP contribution in [0.2, 0.25) is 5.02 Å². The molecule has 2 aromatic carbocycles. The Morgan fingerprint density at radius 1 is 1.07 bits per heavy atom. The highest BCUT2D eigenvalue weighted by Gasteiger charge is 2.09. The molecular formula is C22H19ClN4OS. The molecule has 0 aliphatic carbocycles. The number of thiazole rings is 1. The predicted molar refractivity (Wildman–Crippen MR) is 115 cm³/mol. The first-order valence-corrected chi connectivity index (χ1v) is 10.4. The summed E-state index contributed by atoms with van der Waals surface area (Å²) in [4.78, 5) is 16.9. The molecule has 0 spiro atoms. The van der Waals surface area contributed by atoms with Crippen molar-refractivity contribution >= 4 is 28.8 Å². The fourth-order valence-corrected chi connectivity index (χ4v) is 3.85. The number of hydrogen-bond acceptors (Lipinski definition) is 4. The van der Waals surface area contributed by atoms with Crippen molar-refractivity contribution in [3.63, 3.8) is 0 Å². The van der Waals surface area contributed by atoms with Gasteiger partial charge in [-0.05, 0) is 29.8 Å². The first-order valence-electron chi connectivity index (χ1n) is 9.19. The van der Waals surface area contributed by atoms with E-state index >= 15 is 0 Å². The van der Waals surface area contributed by atoms with Crippen molar-refractivity contribution in [1.29, 1.82) is 0 Å². The number of rotatable bonds is 7. The van der Waals surface area contributed by atoms with Crippen LogP contribution in [0.5, 0.6) is 0 Å². The summed E-state index contributed by atoms with van der Waals surface area (Å²) in [5, 5.41) is 10.9. The lowest BCUT2D eigenvalue weighted by molar-refractivity contribution is -0.120. The Kier molecular flexibility index (Phi) is 6.03. The molecule has 146 valence electrons. The van der Waals surface area contributed by atoms with E-state index in [1.807, 2.05) is 54.0 Å². The van der Waals surface area contributed by atoms with E-state index in [1.165, 1.54) is 5.56 Å². The zero-order valence-corrected chi connectivity index (χ0v) is 17.2. The van der Waals surface area contributed by atoms with Crippen LogP contribution in [0.25, 0.3) is 5.69 Å². The second-order valence-corrected chi connectivity index (χ2v) is 8.00. The molecule has 2 heterocycles. The normalized spacial score (nSPS) is 10.8. The standard InChI is InChI=1S/C22H19ClN4OS/c23-18-6-8-20(9-7-18)27-14-17(13-25-27)12-24-21(28)11-19-15-29-22(26-19)10-16-4-2-1-3-5-16/h1-9,13-15H,10-12H2,(H,24,28). The van der Waals surface area contributed by atoms with Gasteiger partial charge in [0.25, 0.3) is 0 Å². The Hall–Kier alpha value is -2.96. The van der Waals surface area contributed by atoms with Crippen LogP contribution in [-0.2, 0) is 24.2 Å². The van der Waals surface area contributed by atoms with Gasteiger partial charge in [-0.25, -0.2) is 9.67 Å². The average Bonchev–Trinajstić information content (AvgIpc) is 3.37. The van der Waals surface area contributed by atoms with Gasteiger partial charge in [0.2, 0.25) is 5.91 Å². The maximum atomic E-state index is 12.3. The van der Waals surface area contributed by atoms with Crippen LogP contribution in [0.3, 0.4) is 0 Å². The van der Waals surface area contributed by atoms with Crippen LogP contribution in [-0.4, -0.2) is 20.7 Å². The number of hydrogen-bond donors (Lipinski definition) is 1. The molecule has 4 rings (SSSR count). The van der Waals surface area contributed by atoms with Gasteiger partial charge in [0.1, 0.15) is 0 Å². The third-order valence-corrected chi connectivity index (χ3v) is 5.51. The van der Waals surface area contributed by atoms with Crippen molar-refractivity contribution in [3.8, 4) is 5.69 Å². The summed E-state index contributed by atoms with van der Waals surface area (Å²) in [5.74, 6) is -0.0548. The minimum absolute atomic E-state index is 0.0548. The van der Waals surface area contributed by atoms with Crippen molar-refractivity contribution in [3.05, 3.63) is 99.2 Å². The van der Waals surface area contributed by atoms with E-state index in [0.29, 0.717) is 11.6 Å². The smallest absolute Gasteiger partial charge is 0.226 e. The molecule has 0 aliphatic rings. The van der Waals surface area contributed by atoms with Crippen molar-refractivity contribution in [1.82, 2.24) is 20.1 Å². The second-order valence-electron chi connectivity index (χ2n) is 6.62. The summed E-state index contributed by atoms with van der Waals surface area (Å²) in [6.07, 6.45) is 4.70. The predicted octanol–water partition coefficient (Wildman–Crippen LogP) is 4.43. The largest absolute Gasteiger partial charge is 0.352 e. The number of carbonyl (C=O) groups excluding carboxylic acids is 1. The molecule has 1 N–H and O–H groups in total. The number of nitrogens with zero attached hydrogens (tertiary/aromatic N) is 3. The van der Waals surface area contributed by atoms with E-state index in [2.05, 4.69) is 27.5 Å². The molecule has 0 saturated carbocycles. The van der Waals surface area contributed by atoms with Gasteiger partial charge in [0.05, 0.1) is 29.0 Å². The molecule has 0 unspecified atom stereocenters. The first kappa shape index (κ1) is 19.4. The topological polar surface area (TPSA) is 59.8 Å². The molecule has 7 heteroatoms. The Morgan fingerprint density at radius 3 is 2.66 bits per heavy atom. The quantitative estimate of drug-likeness (QED) is 0.479. The van der Waals surface area contributed by atoms with Gasteiger partial charge in [0.15, 0.2) is 0 Å². The number of aromatic nitrogens is 3. The van der Waals surface area contributed by atoms with Gasteiger partial charge < -0.3 is 5.32 Å². The van der Waals surface area contributed by atoms with Gasteiger partial charge in [-0.15, -0.1) is 11.3 Å². The fourth-order valence-electron chi connectivity index (χ4n) is 2.90. The minimum Gasteiger partial charge on any atom is -0.352 e. The molecule has 5 nitrogen and oxygen atoms in total. The van der Waals surface area contributed by atoms with E-state index in [1.54, 1.807) is 22.2 Å². The van der Waals surface area contributed by atoms with Crippen LogP contribution < -0.4 is 5.32 Å². The second kappa shape index (κ2) is 9.03. The highest BCUT2D eigenvalue weighted by Crippen LogP contribution is 2.16. The Bertz CT molecular complexity index is 1090. The van der Waals surface area contributed by atoms with Crippen molar-refractivity contribution in [2.75, 3.05) is 0 Å². The van der Waals surface area contributed by atoms with Crippen LogP contribution in [0.1, 0.15) is 21.8 Å². The molecule has 0 bridgehead atoms. The van der Waals surface area contributed by atoms with Gasteiger partial charge in [-0.1, -0.05) is 41.9 Å². The average molecular weight is 423 g/mol. The third-order valence-electron chi connectivity index (χ3n) is 4.36. The van der Waals surface area contributed by atoms with Crippen LogP contribution in [0, 0.1) is 0 Å². The molecular weight excluding hydrogens is 404 g/mol. The molecule has 4 aromatic rings. The van der Waals surface area contributed by atoms with Crippen LogP contribution in [0.15, 0.2) is 72.4 Å². The number of nitrogens with one attached hydrogen (secondary N) is 1. The van der Waals surface area contributed by atoms with Crippen molar-refractivity contribution in [2.45, 2.75) is 19.4 Å². The van der Waals surface area contributed by atoms with E-state index in [4.69, 9.17) is 11.6 Å². The van der Waals surface area contributed by atoms with Gasteiger partial charge >= 0.3 is 0 Å². The van der Waals surface area contributed by atoms with Gasteiger partial charge in [-0.2, -0.15) is 5.10 Å². The van der Waals surface area contributed by atoms with Crippen LogP contribution in [0.4, 0.5) is 0 Å². The van der Waals surface area contributed by atoms with Crippen LogP contribution >= 0.6 is 22.9 Å². The summed E-state index contributed by atoms with van der Waals surface area (Å²) >= 11 is 7.50. The molecule has 0 radical (unpaired) electrons. The summed E-state index contributed by atoms with van der Waals surface area (Å²) < 4.78 is 1.76. The summed E-state index contributed by atoms with van der Waals surface area (Å²) in [6, 6.07) is 17.6. The number of carbonyl (C=O) groups is 1. The van der Waals surface area contributed by atoms with E-state index < -0.39 is 0 Å². The summed E-state index contributed by atoms with van der Waals surface area (Å²) in [6.45, 7) is 0.424. The number of amides is 1. The number of benzene rings is 2. The zero-order valence-electron chi connectivity index (χ0n) is 15.6. The molecule has 2 aromatic heterocycles. The zero-order chi connectivity index (χ0) is 20.1. The fraction of sp³-hybridized carbons (Fsp3) is 0.136. The van der Waals surface area contributed by atoms with Crippen molar-refractivity contribution < 1.29 is 4.79 Å². The monoisotopic (exact) mass is 422 g/mol. The molecule has 0 saturated heterocycles. The highest BCUT2D eigenvalue weighted by molar-refractivity contribution is 7.09. The lowest BCUT2D eigenvalue weighted by Gasteiger charge is -2.02. The summed E-state index contributed by atoms with van der Waals surface area (Å²) in [5.41, 5.74) is 3.86. The Balaban J connectivity index is 1.29. The highest BCUT2D eigenvalue weighted by atomic mass is 35.5. The molecule has 29 heavy (non-hydrogen) atoms. The van der Waals surface area contributed by atoms with Gasteiger partial charge in [0, 0.05) is 35.1 Å². The Morgan fingerprint density at radius 2 is 1.86 bits per heavy atom. The van der Waals surface area contributed by atoms with Crippen molar-refractivity contribution in [2.24, 2.45) is 0 Å². The maximum Gasteiger partial charge on any atom is 0.226 e. The molecule has 1 amide bonds. The van der Waals surface area contributed by atoms with E-state index in [-0.39, 0.29) is 12.3 Å². The molecule has 0 fully saturated rings. The van der Waals surface area contributed by atoms with Gasteiger partial charge in [-0.3, -0.25) is 4.79 Å². The Labute approximate surface area is 178 Å². The SMILES string of the molecule is O=C(Cc1csc(Cc2ccccc2)n1)NCc1cnn(-c2ccc(Cl)cc2)c1. The maximum absolute atomic E-state index is 12.3. The lowest BCUT2D eigenvalue weighted by Crippen LogP contribution is -2.24.